The number of likely N-dealkylation sites (tertiary alicyclic amines) is 1. The van der Waals surface area contributed by atoms with Crippen molar-refractivity contribution in [3.05, 3.63) is 46.9 Å². The molecule has 0 aliphatic carbocycles. The Kier molecular flexibility index (Phi) is 4.89. The number of aromatic nitrogens is 4. The van der Waals surface area contributed by atoms with Crippen molar-refractivity contribution in [1.82, 2.24) is 25.1 Å². The average Bonchev–Trinajstić information content (AvgIpc) is 3.32. The average molecular weight is 383 g/mol. The fraction of sp³-hybridized carbons (Fsp3) is 0.368. The molecule has 0 saturated carbocycles. The van der Waals surface area contributed by atoms with Crippen LogP contribution in [-0.4, -0.2) is 50.2 Å². The predicted molar refractivity (Wildman–Crippen MR) is 103 cm³/mol. The summed E-state index contributed by atoms with van der Waals surface area (Å²) in [6, 6.07) is 7.66. The van der Waals surface area contributed by atoms with Crippen LogP contribution in [0, 0.1) is 13.8 Å². The predicted octanol–water partition coefficient (Wildman–Crippen LogP) is 3.23. The van der Waals surface area contributed by atoms with E-state index in [0.29, 0.717) is 30.5 Å². The van der Waals surface area contributed by atoms with Crippen LogP contribution in [0.25, 0.3) is 10.6 Å². The lowest BCUT2D eigenvalue weighted by molar-refractivity contribution is 0.0582. The third kappa shape index (κ3) is 4.00. The van der Waals surface area contributed by atoms with Crippen LogP contribution in [-0.2, 0) is 0 Å². The maximum Gasteiger partial charge on any atom is 0.274 e. The van der Waals surface area contributed by atoms with Gasteiger partial charge in [0.05, 0.1) is 10.6 Å². The van der Waals surface area contributed by atoms with E-state index in [9.17, 15) is 4.79 Å². The molecule has 7 nitrogen and oxygen atoms in total. The lowest BCUT2D eigenvalue weighted by Crippen LogP contribution is -2.42. The number of ether oxygens (including phenoxy) is 1. The summed E-state index contributed by atoms with van der Waals surface area (Å²) in [6.07, 6.45) is 1.61. The minimum absolute atomic E-state index is 0.0405. The smallest absolute Gasteiger partial charge is 0.274 e. The Bertz CT molecular complexity index is 909. The quantitative estimate of drug-likeness (QED) is 0.748. The zero-order chi connectivity index (χ0) is 18.8. The summed E-state index contributed by atoms with van der Waals surface area (Å²) in [4.78, 5) is 24.2. The Hall–Kier alpha value is -2.74. The summed E-state index contributed by atoms with van der Waals surface area (Å²) in [7, 11) is 0. The van der Waals surface area contributed by atoms with Gasteiger partial charge in [-0.15, -0.1) is 11.3 Å². The summed E-state index contributed by atoms with van der Waals surface area (Å²) in [6.45, 7) is 5.08. The van der Waals surface area contributed by atoms with Crippen LogP contribution in [0.2, 0.25) is 0 Å². The molecule has 1 saturated heterocycles. The zero-order valence-corrected chi connectivity index (χ0v) is 16.1. The molecular weight excluding hydrogens is 362 g/mol. The van der Waals surface area contributed by atoms with Crippen LogP contribution in [0.3, 0.4) is 0 Å². The number of aromatic amines is 1. The van der Waals surface area contributed by atoms with E-state index >= 15 is 0 Å². The molecule has 1 fully saturated rings. The molecule has 0 atom stereocenters. The van der Waals surface area contributed by atoms with Crippen LogP contribution in [0.5, 0.6) is 5.88 Å². The largest absolute Gasteiger partial charge is 0.474 e. The second-order valence-corrected chi connectivity index (χ2v) is 7.60. The molecule has 1 aliphatic rings. The van der Waals surface area contributed by atoms with Gasteiger partial charge in [-0.05, 0) is 31.4 Å². The SMILES string of the molecule is Cc1cc(OC2CCN(C(=O)c3cc(-c4cccs4)[nH]n3)CC2)nc(C)n1. The molecule has 4 rings (SSSR count). The summed E-state index contributed by atoms with van der Waals surface area (Å²) >= 11 is 1.62. The summed E-state index contributed by atoms with van der Waals surface area (Å²) in [5, 5.41) is 9.15. The number of hydrogen-bond acceptors (Lipinski definition) is 6. The van der Waals surface area contributed by atoms with Crippen molar-refractivity contribution in [3.8, 4) is 16.5 Å². The lowest BCUT2D eigenvalue weighted by atomic mass is 10.1. The Morgan fingerprint density at radius 2 is 2.07 bits per heavy atom. The van der Waals surface area contributed by atoms with Gasteiger partial charge in [-0.1, -0.05) is 6.07 Å². The molecule has 140 valence electrons. The van der Waals surface area contributed by atoms with E-state index in [-0.39, 0.29) is 12.0 Å². The highest BCUT2D eigenvalue weighted by molar-refractivity contribution is 7.13. The fourth-order valence-electron chi connectivity index (χ4n) is 3.24. The standard InChI is InChI=1S/C19H21N5O2S/c1-12-10-18(21-13(2)20-12)26-14-5-7-24(8-6-14)19(25)16-11-15(22-23-16)17-4-3-9-27-17/h3-4,9-11,14H,5-8H2,1-2H3,(H,22,23). The van der Waals surface area contributed by atoms with Crippen LogP contribution in [0.4, 0.5) is 0 Å². The van der Waals surface area contributed by atoms with Crippen LogP contribution in [0.15, 0.2) is 29.6 Å². The topological polar surface area (TPSA) is 84.0 Å². The molecule has 0 spiro atoms. The summed E-state index contributed by atoms with van der Waals surface area (Å²) in [5.41, 5.74) is 2.23. The van der Waals surface area contributed by atoms with Crippen LogP contribution in [0.1, 0.15) is 34.8 Å². The lowest BCUT2D eigenvalue weighted by Gasteiger charge is -2.31. The van der Waals surface area contributed by atoms with E-state index in [1.807, 2.05) is 48.4 Å². The van der Waals surface area contributed by atoms with Crippen LogP contribution < -0.4 is 4.74 Å². The van der Waals surface area contributed by atoms with Gasteiger partial charge in [-0.25, -0.2) is 4.98 Å². The number of amides is 1. The van der Waals surface area contributed by atoms with E-state index in [1.54, 1.807) is 11.3 Å². The minimum atomic E-state index is -0.0405. The molecule has 8 heteroatoms. The van der Waals surface area contributed by atoms with E-state index in [1.165, 1.54) is 0 Å². The number of rotatable bonds is 4. The van der Waals surface area contributed by atoms with Crippen LogP contribution >= 0.6 is 11.3 Å². The Morgan fingerprint density at radius 3 is 2.78 bits per heavy atom. The normalized spacial score (nSPS) is 15.1. The zero-order valence-electron chi connectivity index (χ0n) is 15.3. The van der Waals surface area contributed by atoms with Crippen molar-refractivity contribution >= 4 is 17.2 Å². The summed E-state index contributed by atoms with van der Waals surface area (Å²) in [5.74, 6) is 1.27. The molecule has 27 heavy (non-hydrogen) atoms. The van der Waals surface area contributed by atoms with Gasteiger partial charge >= 0.3 is 0 Å². The first-order valence-electron chi connectivity index (χ1n) is 8.96. The molecule has 1 amide bonds. The first-order chi connectivity index (χ1) is 13.1. The van der Waals surface area contributed by atoms with Gasteiger partial charge in [0.1, 0.15) is 11.9 Å². The maximum atomic E-state index is 12.7. The molecular formula is C19H21N5O2S. The number of nitrogens with one attached hydrogen (secondary N) is 1. The maximum absolute atomic E-state index is 12.7. The molecule has 3 aromatic heterocycles. The highest BCUT2D eigenvalue weighted by Crippen LogP contribution is 2.24. The van der Waals surface area contributed by atoms with Gasteiger partial charge in [0, 0.05) is 37.7 Å². The molecule has 0 unspecified atom stereocenters. The van der Waals surface area contributed by atoms with Crippen molar-refractivity contribution in [1.29, 1.82) is 0 Å². The molecule has 0 radical (unpaired) electrons. The monoisotopic (exact) mass is 383 g/mol. The first kappa shape index (κ1) is 17.7. The van der Waals surface area contributed by atoms with Crippen molar-refractivity contribution < 1.29 is 9.53 Å². The van der Waals surface area contributed by atoms with Crippen molar-refractivity contribution in [2.45, 2.75) is 32.8 Å². The number of aryl methyl sites for hydroxylation is 2. The Balaban J connectivity index is 1.35. The first-order valence-corrected chi connectivity index (χ1v) is 9.84. The molecule has 4 heterocycles. The van der Waals surface area contributed by atoms with E-state index in [0.717, 1.165) is 29.1 Å². The molecule has 0 aromatic carbocycles. The van der Waals surface area contributed by atoms with Gasteiger partial charge in [0.25, 0.3) is 5.91 Å². The minimum Gasteiger partial charge on any atom is -0.474 e. The van der Waals surface area contributed by atoms with Gasteiger partial charge < -0.3 is 9.64 Å². The van der Waals surface area contributed by atoms with Crippen molar-refractivity contribution in [2.75, 3.05) is 13.1 Å². The van der Waals surface area contributed by atoms with E-state index in [2.05, 4.69) is 20.2 Å². The van der Waals surface area contributed by atoms with Gasteiger partial charge in [-0.3, -0.25) is 9.89 Å². The number of carbonyl (C=O) groups excluding carboxylic acids is 1. The van der Waals surface area contributed by atoms with E-state index < -0.39 is 0 Å². The number of hydrogen-bond donors (Lipinski definition) is 1. The number of carbonyl (C=O) groups is 1. The van der Waals surface area contributed by atoms with Gasteiger partial charge in [0.15, 0.2) is 5.69 Å². The third-order valence-electron chi connectivity index (χ3n) is 4.54. The molecule has 1 aliphatic heterocycles. The number of piperidine rings is 1. The Labute approximate surface area is 161 Å². The second-order valence-electron chi connectivity index (χ2n) is 6.65. The van der Waals surface area contributed by atoms with Crippen molar-refractivity contribution in [3.63, 3.8) is 0 Å². The number of nitrogens with zero attached hydrogens (tertiary/aromatic N) is 4. The molecule has 3 aromatic rings. The second kappa shape index (κ2) is 7.48. The van der Waals surface area contributed by atoms with Crippen molar-refractivity contribution in [2.24, 2.45) is 0 Å². The highest BCUT2D eigenvalue weighted by atomic mass is 32.1. The molecule has 0 bridgehead atoms. The fourth-order valence-corrected chi connectivity index (χ4v) is 3.93. The highest BCUT2D eigenvalue weighted by Gasteiger charge is 2.26. The third-order valence-corrected chi connectivity index (χ3v) is 5.45. The summed E-state index contributed by atoms with van der Waals surface area (Å²) < 4.78 is 5.99. The number of thiophene rings is 1. The molecule has 1 N–H and O–H groups in total. The Morgan fingerprint density at radius 1 is 1.26 bits per heavy atom. The van der Waals surface area contributed by atoms with Gasteiger partial charge in [0.2, 0.25) is 5.88 Å². The van der Waals surface area contributed by atoms with E-state index in [4.69, 9.17) is 4.74 Å². The number of H-pyrrole nitrogens is 1. The van der Waals surface area contributed by atoms with Gasteiger partial charge in [-0.2, -0.15) is 10.1 Å².